The largest absolute Gasteiger partial charge is 0.326 e. The van der Waals surface area contributed by atoms with Crippen LogP contribution in [0.3, 0.4) is 0 Å². The van der Waals surface area contributed by atoms with E-state index in [-0.39, 0.29) is 0 Å². The van der Waals surface area contributed by atoms with Crippen LogP contribution in [0.1, 0.15) is 64.5 Å². The maximum atomic E-state index is 6.30. The van der Waals surface area contributed by atoms with Crippen molar-refractivity contribution in [3.05, 3.63) is 52.1 Å². The molecule has 3 atom stereocenters. The Labute approximate surface area is 147 Å². The van der Waals surface area contributed by atoms with Crippen molar-refractivity contribution in [2.45, 2.75) is 72.0 Å². The molecule has 2 nitrogen and oxygen atoms in total. The topological polar surface area (TPSA) is 38.0 Å². The second-order valence-corrected chi connectivity index (χ2v) is 7.68. The van der Waals surface area contributed by atoms with Gasteiger partial charge in [-0.05, 0) is 61.8 Å². The average molecular weight is 325 g/mol. The summed E-state index contributed by atoms with van der Waals surface area (Å²) >= 11 is 0. The number of rotatable bonds is 4. The minimum absolute atomic E-state index is 0.308. The molecule has 2 heteroatoms. The van der Waals surface area contributed by atoms with Crippen molar-refractivity contribution in [2.24, 2.45) is 11.7 Å². The zero-order valence-corrected chi connectivity index (χ0v) is 15.7. The van der Waals surface area contributed by atoms with Crippen molar-refractivity contribution in [3.8, 4) is 0 Å². The number of nitrogens with two attached hydrogens (primary N) is 1. The zero-order chi connectivity index (χ0) is 17.3. The highest BCUT2D eigenvalue weighted by molar-refractivity contribution is 5.86. The van der Waals surface area contributed by atoms with Crippen LogP contribution in [0.15, 0.2) is 41.0 Å². The van der Waals surface area contributed by atoms with Crippen molar-refractivity contribution in [3.63, 3.8) is 0 Å². The van der Waals surface area contributed by atoms with Crippen LogP contribution in [0, 0.1) is 5.92 Å². The molecule has 1 aromatic rings. The van der Waals surface area contributed by atoms with Crippen molar-refractivity contribution >= 4 is 5.57 Å². The number of hydrogen-bond acceptors (Lipinski definition) is 2. The first-order valence-electron chi connectivity index (χ1n) is 9.46. The summed E-state index contributed by atoms with van der Waals surface area (Å²) in [6.45, 7) is 10.1. The number of hydrogen-bond donors (Lipinski definition) is 2. The molecular formula is C22H32N2. The fourth-order valence-corrected chi connectivity index (χ4v) is 4.35. The highest BCUT2D eigenvalue weighted by Gasteiger charge is 2.26. The van der Waals surface area contributed by atoms with Crippen LogP contribution in [0.5, 0.6) is 0 Å². The Bertz CT molecular complexity index is 668. The molecule has 3 N–H and O–H groups in total. The second-order valence-electron chi connectivity index (χ2n) is 7.68. The lowest BCUT2D eigenvalue weighted by Crippen LogP contribution is -2.46. The number of benzene rings is 1. The summed E-state index contributed by atoms with van der Waals surface area (Å²) in [6, 6.07) is 9.64. The van der Waals surface area contributed by atoms with E-state index in [1.807, 2.05) is 0 Å². The maximum absolute atomic E-state index is 6.30. The van der Waals surface area contributed by atoms with E-state index in [4.69, 9.17) is 5.73 Å². The van der Waals surface area contributed by atoms with Gasteiger partial charge in [0.25, 0.3) is 0 Å². The van der Waals surface area contributed by atoms with Gasteiger partial charge in [-0.1, -0.05) is 55.2 Å². The van der Waals surface area contributed by atoms with Crippen LogP contribution in [-0.4, -0.2) is 12.1 Å². The molecule has 1 aromatic carbocycles. The van der Waals surface area contributed by atoms with Gasteiger partial charge in [0.1, 0.15) is 0 Å². The molecule has 1 unspecified atom stereocenters. The third-order valence-corrected chi connectivity index (χ3v) is 6.32. The van der Waals surface area contributed by atoms with E-state index in [1.54, 1.807) is 0 Å². The van der Waals surface area contributed by atoms with Crippen molar-refractivity contribution < 1.29 is 0 Å². The molecule has 24 heavy (non-hydrogen) atoms. The quantitative estimate of drug-likeness (QED) is 0.834. The van der Waals surface area contributed by atoms with Gasteiger partial charge in [0.05, 0.1) is 0 Å². The Morgan fingerprint density at radius 3 is 2.42 bits per heavy atom. The molecule has 0 aromatic heterocycles. The second kappa shape index (κ2) is 7.25. The summed E-state index contributed by atoms with van der Waals surface area (Å²) in [4.78, 5) is 0. The Balaban J connectivity index is 1.84. The normalized spacial score (nSPS) is 28.0. The molecule has 0 bridgehead atoms. The Hall–Kier alpha value is -1.38. The molecule has 0 heterocycles. The first-order chi connectivity index (χ1) is 11.5. The molecule has 1 saturated carbocycles. The predicted octanol–water partition coefficient (Wildman–Crippen LogP) is 4.81. The third-order valence-electron chi connectivity index (χ3n) is 6.32. The van der Waals surface area contributed by atoms with E-state index in [2.05, 4.69) is 57.3 Å². The summed E-state index contributed by atoms with van der Waals surface area (Å²) < 4.78 is 0. The number of allylic oxidation sites excluding steroid dienone is 4. The molecule has 2 aliphatic rings. The van der Waals surface area contributed by atoms with Gasteiger partial charge in [-0.2, -0.15) is 0 Å². The lowest BCUT2D eigenvalue weighted by atomic mass is 9.90. The van der Waals surface area contributed by atoms with Gasteiger partial charge in [0.2, 0.25) is 0 Å². The molecule has 1 fully saturated rings. The Kier molecular flexibility index (Phi) is 5.27. The third kappa shape index (κ3) is 3.22. The smallest absolute Gasteiger partial charge is 0.0222 e. The van der Waals surface area contributed by atoms with Gasteiger partial charge in [-0.15, -0.1) is 0 Å². The molecule has 0 aliphatic heterocycles. The lowest BCUT2D eigenvalue weighted by molar-refractivity contribution is 0.326. The van der Waals surface area contributed by atoms with Crippen LogP contribution < -0.4 is 11.1 Å². The van der Waals surface area contributed by atoms with Crippen LogP contribution in [0.25, 0.3) is 5.57 Å². The highest BCUT2D eigenvalue weighted by Crippen LogP contribution is 2.42. The fraction of sp³-hybridized carbons (Fsp3) is 0.545. The first kappa shape index (κ1) is 17.4. The van der Waals surface area contributed by atoms with E-state index in [0.717, 1.165) is 13.0 Å². The predicted molar refractivity (Wildman–Crippen MR) is 104 cm³/mol. The minimum atomic E-state index is 0.308. The van der Waals surface area contributed by atoms with Gasteiger partial charge in [0, 0.05) is 18.6 Å². The van der Waals surface area contributed by atoms with Crippen molar-refractivity contribution in [1.29, 1.82) is 0 Å². The first-order valence-corrected chi connectivity index (χ1v) is 9.46. The molecular weight excluding hydrogens is 292 g/mol. The van der Waals surface area contributed by atoms with Gasteiger partial charge in [0.15, 0.2) is 0 Å². The fourth-order valence-electron chi connectivity index (χ4n) is 4.35. The maximum Gasteiger partial charge on any atom is 0.0222 e. The van der Waals surface area contributed by atoms with Crippen molar-refractivity contribution in [1.82, 2.24) is 5.32 Å². The molecule has 130 valence electrons. The van der Waals surface area contributed by atoms with E-state index in [9.17, 15) is 0 Å². The minimum Gasteiger partial charge on any atom is -0.326 e. The molecule has 2 aliphatic carbocycles. The van der Waals surface area contributed by atoms with E-state index in [1.165, 1.54) is 52.7 Å². The molecule has 3 rings (SSSR count). The molecule has 0 saturated heterocycles. The lowest BCUT2D eigenvalue weighted by Gasteiger charge is -2.30. The highest BCUT2D eigenvalue weighted by atomic mass is 15.0. The van der Waals surface area contributed by atoms with Gasteiger partial charge in [-0.25, -0.2) is 0 Å². The summed E-state index contributed by atoms with van der Waals surface area (Å²) in [5.41, 5.74) is 15.0. The SMILES string of the molecule is CC1=C(C)C(C)C(C)=C1c1ccccc1CN[C@@H]1CCCC[C@H]1N. The standard InChI is InChI=1S/C22H32N2/c1-14-15(2)17(4)22(16(14)3)19-10-6-5-9-18(19)13-24-21-12-8-7-11-20(21)23/h5-6,9-10,14,20-21,24H,7-8,11-13,23H2,1-4H3/t14?,20-,21-/m1/s1. The van der Waals surface area contributed by atoms with E-state index < -0.39 is 0 Å². The molecule has 0 radical (unpaired) electrons. The zero-order valence-electron chi connectivity index (χ0n) is 15.7. The summed E-state index contributed by atoms with van der Waals surface area (Å²) in [6.07, 6.45) is 4.95. The van der Waals surface area contributed by atoms with E-state index in [0.29, 0.717) is 18.0 Å². The van der Waals surface area contributed by atoms with E-state index >= 15 is 0 Å². The van der Waals surface area contributed by atoms with Crippen LogP contribution in [0.4, 0.5) is 0 Å². The molecule has 0 spiro atoms. The Morgan fingerprint density at radius 2 is 1.75 bits per heavy atom. The summed E-state index contributed by atoms with van der Waals surface area (Å²) in [5.74, 6) is 0.563. The summed E-state index contributed by atoms with van der Waals surface area (Å²) in [7, 11) is 0. The van der Waals surface area contributed by atoms with Crippen LogP contribution in [-0.2, 0) is 6.54 Å². The van der Waals surface area contributed by atoms with Gasteiger partial charge in [-0.3, -0.25) is 0 Å². The van der Waals surface area contributed by atoms with Crippen molar-refractivity contribution in [2.75, 3.05) is 0 Å². The Morgan fingerprint density at radius 1 is 1.04 bits per heavy atom. The monoisotopic (exact) mass is 324 g/mol. The average Bonchev–Trinajstić information content (AvgIpc) is 2.78. The summed E-state index contributed by atoms with van der Waals surface area (Å²) in [5, 5.41) is 3.74. The van der Waals surface area contributed by atoms with Crippen LogP contribution in [0.2, 0.25) is 0 Å². The molecule has 0 amide bonds. The number of nitrogens with one attached hydrogen (secondary N) is 1. The van der Waals surface area contributed by atoms with Gasteiger partial charge >= 0.3 is 0 Å². The van der Waals surface area contributed by atoms with Gasteiger partial charge < -0.3 is 11.1 Å². The van der Waals surface area contributed by atoms with Crippen LogP contribution >= 0.6 is 0 Å².